The zero-order valence-electron chi connectivity index (χ0n) is 18.5. The zero-order chi connectivity index (χ0) is 23.0. The SMILES string of the molecule is Cc1ccc(Cn2c(=O)c(=O)n(CC(=O)N3CCC4(CC3)OCCO4)c3cccnc32)cc1. The minimum atomic E-state index is -0.730. The van der Waals surface area contributed by atoms with Crippen LogP contribution < -0.4 is 11.1 Å². The Balaban J connectivity index is 1.44. The van der Waals surface area contributed by atoms with Crippen molar-refractivity contribution < 1.29 is 14.3 Å². The molecule has 9 heteroatoms. The van der Waals surface area contributed by atoms with Crippen molar-refractivity contribution >= 4 is 17.1 Å². The Morgan fingerprint density at radius 2 is 1.67 bits per heavy atom. The summed E-state index contributed by atoms with van der Waals surface area (Å²) in [5, 5.41) is 0. The van der Waals surface area contributed by atoms with Gasteiger partial charge in [-0.1, -0.05) is 29.8 Å². The third-order valence-corrected chi connectivity index (χ3v) is 6.43. The van der Waals surface area contributed by atoms with E-state index in [2.05, 4.69) is 4.98 Å². The van der Waals surface area contributed by atoms with Crippen LogP contribution >= 0.6 is 0 Å². The number of benzene rings is 1. The fourth-order valence-electron chi connectivity index (χ4n) is 4.54. The number of aryl methyl sites for hydroxylation is 1. The quantitative estimate of drug-likeness (QED) is 0.556. The monoisotopic (exact) mass is 450 g/mol. The van der Waals surface area contributed by atoms with Gasteiger partial charge in [-0.15, -0.1) is 0 Å². The van der Waals surface area contributed by atoms with Crippen LogP contribution in [0.2, 0.25) is 0 Å². The first kappa shape index (κ1) is 21.5. The number of piperidine rings is 1. The lowest BCUT2D eigenvalue weighted by Crippen LogP contribution is -2.49. The summed E-state index contributed by atoms with van der Waals surface area (Å²) < 4.78 is 14.1. The van der Waals surface area contributed by atoms with Gasteiger partial charge in [-0.25, -0.2) is 4.98 Å². The van der Waals surface area contributed by atoms with E-state index in [0.29, 0.717) is 50.3 Å². The van der Waals surface area contributed by atoms with Crippen molar-refractivity contribution in [1.29, 1.82) is 0 Å². The highest BCUT2D eigenvalue weighted by Crippen LogP contribution is 2.31. The molecule has 2 aliphatic rings. The summed E-state index contributed by atoms with van der Waals surface area (Å²) >= 11 is 0. The molecule has 1 aromatic carbocycles. The lowest BCUT2D eigenvalue weighted by Gasteiger charge is -2.37. The van der Waals surface area contributed by atoms with Gasteiger partial charge in [0.05, 0.1) is 25.3 Å². The molecule has 1 spiro atoms. The number of amides is 1. The van der Waals surface area contributed by atoms with Crippen LogP contribution in [0.15, 0.2) is 52.2 Å². The van der Waals surface area contributed by atoms with Crippen molar-refractivity contribution in [3.63, 3.8) is 0 Å². The molecule has 0 unspecified atom stereocenters. The van der Waals surface area contributed by atoms with Crippen LogP contribution in [0.25, 0.3) is 11.2 Å². The van der Waals surface area contributed by atoms with Crippen LogP contribution in [0.5, 0.6) is 0 Å². The number of hydrogen-bond donors (Lipinski definition) is 0. The van der Waals surface area contributed by atoms with Crippen molar-refractivity contribution in [3.05, 3.63) is 74.4 Å². The van der Waals surface area contributed by atoms with Crippen LogP contribution in [0.4, 0.5) is 0 Å². The van der Waals surface area contributed by atoms with Gasteiger partial charge < -0.3 is 14.4 Å². The molecule has 0 radical (unpaired) electrons. The van der Waals surface area contributed by atoms with Gasteiger partial charge in [0.1, 0.15) is 6.54 Å². The Morgan fingerprint density at radius 1 is 1.00 bits per heavy atom. The fourth-order valence-corrected chi connectivity index (χ4v) is 4.54. The molecule has 0 atom stereocenters. The first-order valence-electron chi connectivity index (χ1n) is 11.2. The molecular weight excluding hydrogens is 424 g/mol. The smallest absolute Gasteiger partial charge is 0.318 e. The lowest BCUT2D eigenvalue weighted by molar-refractivity contribution is -0.187. The molecule has 4 heterocycles. The highest BCUT2D eigenvalue weighted by molar-refractivity contribution is 5.79. The minimum Gasteiger partial charge on any atom is -0.347 e. The van der Waals surface area contributed by atoms with E-state index in [-0.39, 0.29) is 19.0 Å². The summed E-state index contributed by atoms with van der Waals surface area (Å²) in [6, 6.07) is 11.2. The van der Waals surface area contributed by atoms with E-state index >= 15 is 0 Å². The second kappa shape index (κ2) is 8.57. The van der Waals surface area contributed by atoms with E-state index in [1.165, 1.54) is 9.13 Å². The van der Waals surface area contributed by atoms with Gasteiger partial charge in [-0.3, -0.25) is 23.5 Å². The zero-order valence-corrected chi connectivity index (χ0v) is 18.5. The highest BCUT2D eigenvalue weighted by Gasteiger charge is 2.40. The molecule has 0 aliphatic carbocycles. The molecular formula is C24H26N4O5. The van der Waals surface area contributed by atoms with Gasteiger partial charge in [0.25, 0.3) is 0 Å². The van der Waals surface area contributed by atoms with Gasteiger partial charge in [-0.2, -0.15) is 0 Å². The average molecular weight is 450 g/mol. The molecule has 2 saturated heterocycles. The molecule has 2 fully saturated rings. The van der Waals surface area contributed by atoms with Crippen LogP contribution in [0.1, 0.15) is 24.0 Å². The molecule has 1 amide bonds. The van der Waals surface area contributed by atoms with Crippen LogP contribution in [0.3, 0.4) is 0 Å². The predicted octanol–water partition coefficient (Wildman–Crippen LogP) is 1.28. The van der Waals surface area contributed by atoms with Gasteiger partial charge in [0.2, 0.25) is 5.91 Å². The number of pyridine rings is 1. The standard InChI is InChI=1S/C24H26N4O5/c1-17-4-6-18(7-5-17)15-28-21-19(3-2-10-25-21)27(22(30)23(28)31)16-20(29)26-11-8-24(9-12-26)32-13-14-33-24/h2-7,10H,8-9,11-16H2,1H3. The van der Waals surface area contributed by atoms with Crippen molar-refractivity contribution in [1.82, 2.24) is 19.0 Å². The second-order valence-corrected chi connectivity index (χ2v) is 8.60. The first-order valence-corrected chi connectivity index (χ1v) is 11.2. The van der Waals surface area contributed by atoms with Crippen molar-refractivity contribution in [2.45, 2.75) is 38.6 Å². The number of rotatable bonds is 4. The molecule has 0 saturated carbocycles. The van der Waals surface area contributed by atoms with E-state index in [4.69, 9.17) is 9.47 Å². The number of nitrogens with zero attached hydrogens (tertiary/aromatic N) is 4. The molecule has 5 rings (SSSR count). The summed E-state index contributed by atoms with van der Waals surface area (Å²) in [5.74, 6) is -0.800. The summed E-state index contributed by atoms with van der Waals surface area (Å²) in [6.45, 7) is 4.10. The maximum Gasteiger partial charge on any atom is 0.318 e. The summed E-state index contributed by atoms with van der Waals surface area (Å²) in [4.78, 5) is 45.2. The summed E-state index contributed by atoms with van der Waals surface area (Å²) in [7, 11) is 0. The Hall–Kier alpha value is -3.30. The number of fused-ring (bicyclic) bond motifs is 1. The van der Waals surface area contributed by atoms with E-state index in [0.717, 1.165) is 11.1 Å². The van der Waals surface area contributed by atoms with Gasteiger partial charge >= 0.3 is 11.1 Å². The third kappa shape index (κ3) is 4.09. The Labute approximate surface area is 190 Å². The van der Waals surface area contributed by atoms with Gasteiger partial charge in [-0.05, 0) is 24.6 Å². The molecule has 3 aromatic rings. The number of aromatic nitrogens is 3. The molecule has 0 N–H and O–H groups in total. The van der Waals surface area contributed by atoms with Gasteiger partial charge in [0, 0.05) is 32.1 Å². The minimum absolute atomic E-state index is 0.212. The Morgan fingerprint density at radius 3 is 2.36 bits per heavy atom. The number of carbonyl (C=O) groups is 1. The Bertz CT molecular complexity index is 1300. The van der Waals surface area contributed by atoms with Gasteiger partial charge in [0.15, 0.2) is 11.4 Å². The van der Waals surface area contributed by atoms with Crippen molar-refractivity contribution in [2.24, 2.45) is 0 Å². The maximum absolute atomic E-state index is 13.1. The molecule has 2 aliphatic heterocycles. The lowest BCUT2D eigenvalue weighted by atomic mass is 10.0. The Kier molecular flexibility index (Phi) is 5.59. The van der Waals surface area contributed by atoms with E-state index in [1.807, 2.05) is 31.2 Å². The average Bonchev–Trinajstić information content (AvgIpc) is 3.29. The topological polar surface area (TPSA) is 95.7 Å². The largest absolute Gasteiger partial charge is 0.347 e. The maximum atomic E-state index is 13.1. The van der Waals surface area contributed by atoms with E-state index in [9.17, 15) is 14.4 Å². The number of carbonyl (C=O) groups excluding carboxylic acids is 1. The molecule has 172 valence electrons. The fraction of sp³-hybridized carbons (Fsp3) is 0.417. The van der Waals surface area contributed by atoms with E-state index in [1.54, 1.807) is 23.2 Å². The number of hydrogen-bond acceptors (Lipinski definition) is 6. The predicted molar refractivity (Wildman–Crippen MR) is 121 cm³/mol. The summed E-state index contributed by atoms with van der Waals surface area (Å²) in [5.41, 5.74) is 1.41. The second-order valence-electron chi connectivity index (χ2n) is 8.60. The first-order chi connectivity index (χ1) is 16.0. The van der Waals surface area contributed by atoms with Crippen LogP contribution in [0, 0.1) is 6.92 Å². The molecule has 0 bridgehead atoms. The molecule has 9 nitrogen and oxygen atoms in total. The van der Waals surface area contributed by atoms with Crippen LogP contribution in [-0.4, -0.2) is 57.0 Å². The van der Waals surface area contributed by atoms with E-state index < -0.39 is 16.9 Å². The number of likely N-dealkylation sites (tertiary alicyclic amines) is 1. The van der Waals surface area contributed by atoms with Crippen molar-refractivity contribution in [3.8, 4) is 0 Å². The van der Waals surface area contributed by atoms with Crippen molar-refractivity contribution in [2.75, 3.05) is 26.3 Å². The molecule has 33 heavy (non-hydrogen) atoms. The third-order valence-electron chi connectivity index (χ3n) is 6.43. The summed E-state index contributed by atoms with van der Waals surface area (Å²) in [6.07, 6.45) is 2.76. The normalized spacial score (nSPS) is 17.7. The molecule has 2 aromatic heterocycles. The highest BCUT2D eigenvalue weighted by atomic mass is 16.7. The van der Waals surface area contributed by atoms with Crippen LogP contribution in [-0.2, 0) is 27.4 Å². The number of ether oxygens (including phenoxy) is 2.